The van der Waals surface area contributed by atoms with Crippen LogP contribution >= 0.6 is 11.8 Å². The number of hydrogen-bond acceptors (Lipinski definition) is 4. The first-order valence-corrected chi connectivity index (χ1v) is 7.49. The topological polar surface area (TPSA) is 55.8 Å². The molecule has 1 aromatic rings. The van der Waals surface area contributed by atoms with Gasteiger partial charge in [-0.15, -0.1) is 11.8 Å². The summed E-state index contributed by atoms with van der Waals surface area (Å²) in [7, 11) is 1.55. The zero-order valence-corrected chi connectivity index (χ0v) is 12.4. The van der Waals surface area contributed by atoms with Crippen LogP contribution in [0.1, 0.15) is 36.5 Å². The number of hydrogen-bond donors (Lipinski definition) is 1. The first-order valence-electron chi connectivity index (χ1n) is 6.26. The van der Waals surface area contributed by atoms with Crippen molar-refractivity contribution in [2.45, 2.75) is 31.1 Å². The standard InChI is InChI=1S/C14H20O4S/c1-4-5-6-9-18-12-11(17-2)8-7-10(14(15)16)13(12)19-3/h7-8H,4-6,9H2,1-3H3,(H,15,16). The highest BCUT2D eigenvalue weighted by atomic mass is 32.2. The summed E-state index contributed by atoms with van der Waals surface area (Å²) < 4.78 is 11.0. The second-order valence-corrected chi connectivity index (χ2v) is 4.85. The number of unbranched alkanes of at least 4 members (excludes halogenated alkanes) is 2. The van der Waals surface area contributed by atoms with Gasteiger partial charge in [0.05, 0.1) is 24.2 Å². The summed E-state index contributed by atoms with van der Waals surface area (Å²) in [6, 6.07) is 3.18. The summed E-state index contributed by atoms with van der Waals surface area (Å²) in [5, 5.41) is 9.18. The van der Waals surface area contributed by atoms with Gasteiger partial charge in [0.25, 0.3) is 0 Å². The van der Waals surface area contributed by atoms with Crippen LogP contribution in [0.2, 0.25) is 0 Å². The second-order valence-electron chi connectivity index (χ2n) is 4.04. The van der Waals surface area contributed by atoms with Gasteiger partial charge in [-0.05, 0) is 24.8 Å². The van der Waals surface area contributed by atoms with Crippen molar-refractivity contribution in [3.63, 3.8) is 0 Å². The average Bonchev–Trinajstić information content (AvgIpc) is 2.42. The lowest BCUT2D eigenvalue weighted by atomic mass is 10.2. The van der Waals surface area contributed by atoms with Crippen molar-refractivity contribution in [2.75, 3.05) is 20.0 Å². The van der Waals surface area contributed by atoms with Crippen LogP contribution < -0.4 is 9.47 Å². The maximum absolute atomic E-state index is 11.2. The lowest BCUT2D eigenvalue weighted by molar-refractivity contribution is 0.0692. The van der Waals surface area contributed by atoms with Crippen LogP contribution in [0.25, 0.3) is 0 Å². The zero-order chi connectivity index (χ0) is 14.3. The number of thioether (sulfide) groups is 1. The molecule has 0 fully saturated rings. The van der Waals surface area contributed by atoms with E-state index in [1.54, 1.807) is 19.2 Å². The molecule has 0 aromatic heterocycles. The Morgan fingerprint density at radius 1 is 1.37 bits per heavy atom. The molecule has 0 saturated heterocycles. The van der Waals surface area contributed by atoms with E-state index in [2.05, 4.69) is 6.92 Å². The molecule has 0 aliphatic heterocycles. The molecule has 1 rings (SSSR count). The zero-order valence-electron chi connectivity index (χ0n) is 11.6. The molecule has 0 saturated carbocycles. The predicted octanol–water partition coefficient (Wildman–Crippen LogP) is 3.68. The summed E-state index contributed by atoms with van der Waals surface area (Å²) in [5.74, 6) is 0.155. The van der Waals surface area contributed by atoms with Gasteiger partial charge >= 0.3 is 5.97 Å². The van der Waals surface area contributed by atoms with Crippen molar-refractivity contribution in [3.05, 3.63) is 17.7 Å². The van der Waals surface area contributed by atoms with Crippen LogP contribution in [0.5, 0.6) is 11.5 Å². The third kappa shape index (κ3) is 4.06. The van der Waals surface area contributed by atoms with E-state index >= 15 is 0 Å². The number of ether oxygens (including phenoxy) is 2. The van der Waals surface area contributed by atoms with Gasteiger partial charge in [0, 0.05) is 0 Å². The summed E-state index contributed by atoms with van der Waals surface area (Å²) >= 11 is 1.36. The largest absolute Gasteiger partial charge is 0.493 e. The maximum Gasteiger partial charge on any atom is 0.336 e. The summed E-state index contributed by atoms with van der Waals surface area (Å²) in [5.41, 5.74) is 0.249. The van der Waals surface area contributed by atoms with Crippen molar-refractivity contribution in [1.82, 2.24) is 0 Å². The number of rotatable bonds is 8. The Balaban J connectivity index is 3.02. The minimum Gasteiger partial charge on any atom is -0.493 e. The number of benzene rings is 1. The van der Waals surface area contributed by atoms with Crippen LogP contribution in [0, 0.1) is 0 Å². The molecule has 1 N–H and O–H groups in total. The molecule has 5 heteroatoms. The lowest BCUT2D eigenvalue weighted by Gasteiger charge is -2.15. The summed E-state index contributed by atoms with van der Waals surface area (Å²) in [6.07, 6.45) is 4.99. The van der Waals surface area contributed by atoms with E-state index in [-0.39, 0.29) is 5.56 Å². The quantitative estimate of drug-likeness (QED) is 0.583. The second kappa shape index (κ2) is 7.94. The van der Waals surface area contributed by atoms with E-state index in [9.17, 15) is 9.90 Å². The Morgan fingerprint density at radius 2 is 2.11 bits per heavy atom. The van der Waals surface area contributed by atoms with Crippen molar-refractivity contribution in [3.8, 4) is 11.5 Å². The van der Waals surface area contributed by atoms with Gasteiger partial charge < -0.3 is 14.6 Å². The van der Waals surface area contributed by atoms with Crippen LogP contribution in [-0.4, -0.2) is 31.0 Å². The Kier molecular flexibility index (Phi) is 6.56. The van der Waals surface area contributed by atoms with Gasteiger partial charge in [0.1, 0.15) is 0 Å². The predicted molar refractivity (Wildman–Crippen MR) is 76.8 cm³/mol. The van der Waals surface area contributed by atoms with Crippen molar-refractivity contribution in [2.24, 2.45) is 0 Å². The van der Waals surface area contributed by atoms with Crippen molar-refractivity contribution < 1.29 is 19.4 Å². The van der Waals surface area contributed by atoms with Gasteiger partial charge in [0.15, 0.2) is 11.5 Å². The maximum atomic E-state index is 11.2. The summed E-state index contributed by atoms with van der Waals surface area (Å²) in [6.45, 7) is 2.69. The molecule has 0 bridgehead atoms. The van der Waals surface area contributed by atoms with Crippen LogP contribution in [0.4, 0.5) is 0 Å². The molecule has 19 heavy (non-hydrogen) atoms. The number of carbonyl (C=O) groups is 1. The van der Waals surface area contributed by atoms with E-state index in [1.165, 1.54) is 11.8 Å². The van der Waals surface area contributed by atoms with Gasteiger partial charge in [0.2, 0.25) is 0 Å². The van der Waals surface area contributed by atoms with Crippen LogP contribution in [-0.2, 0) is 0 Å². The SMILES string of the molecule is CCCCCOc1c(OC)ccc(C(=O)O)c1SC. The van der Waals surface area contributed by atoms with Crippen LogP contribution in [0.3, 0.4) is 0 Å². The number of carboxylic acid groups (broad SMARTS) is 1. The molecule has 0 spiro atoms. The van der Waals surface area contributed by atoms with E-state index in [0.717, 1.165) is 19.3 Å². The number of methoxy groups -OCH3 is 1. The normalized spacial score (nSPS) is 10.3. The Labute approximate surface area is 118 Å². The highest BCUT2D eigenvalue weighted by molar-refractivity contribution is 7.98. The van der Waals surface area contributed by atoms with Gasteiger partial charge in [-0.1, -0.05) is 19.8 Å². The first kappa shape index (κ1) is 15.7. The first-order chi connectivity index (χ1) is 9.15. The fourth-order valence-electron chi connectivity index (χ4n) is 1.74. The highest BCUT2D eigenvalue weighted by Crippen LogP contribution is 2.39. The van der Waals surface area contributed by atoms with Crippen molar-refractivity contribution in [1.29, 1.82) is 0 Å². The number of aromatic carboxylic acids is 1. The third-order valence-corrected chi connectivity index (χ3v) is 3.54. The number of carboxylic acids is 1. The van der Waals surface area contributed by atoms with Gasteiger partial charge in [-0.25, -0.2) is 4.79 Å². The molecule has 0 aliphatic rings. The average molecular weight is 284 g/mol. The molecule has 0 unspecified atom stereocenters. The third-order valence-electron chi connectivity index (χ3n) is 2.72. The molecular formula is C14H20O4S. The molecule has 4 nitrogen and oxygen atoms in total. The van der Waals surface area contributed by atoms with Crippen LogP contribution in [0.15, 0.2) is 17.0 Å². The lowest BCUT2D eigenvalue weighted by Crippen LogP contribution is -2.05. The minimum absolute atomic E-state index is 0.249. The molecule has 0 amide bonds. The Hall–Kier alpha value is -1.36. The van der Waals surface area contributed by atoms with Gasteiger partial charge in [-0.2, -0.15) is 0 Å². The Morgan fingerprint density at radius 3 is 2.63 bits per heavy atom. The van der Waals surface area contributed by atoms with E-state index in [0.29, 0.717) is 23.0 Å². The highest BCUT2D eigenvalue weighted by Gasteiger charge is 2.18. The van der Waals surface area contributed by atoms with E-state index in [4.69, 9.17) is 9.47 Å². The molecular weight excluding hydrogens is 264 g/mol. The van der Waals surface area contributed by atoms with Gasteiger partial charge in [-0.3, -0.25) is 0 Å². The molecule has 106 valence electrons. The monoisotopic (exact) mass is 284 g/mol. The van der Waals surface area contributed by atoms with E-state index < -0.39 is 5.97 Å². The molecule has 0 heterocycles. The smallest absolute Gasteiger partial charge is 0.336 e. The fraction of sp³-hybridized carbons (Fsp3) is 0.500. The summed E-state index contributed by atoms with van der Waals surface area (Å²) in [4.78, 5) is 11.8. The van der Waals surface area contributed by atoms with Crippen molar-refractivity contribution >= 4 is 17.7 Å². The minimum atomic E-state index is -0.953. The fourth-order valence-corrected chi connectivity index (χ4v) is 2.46. The molecule has 0 aliphatic carbocycles. The molecule has 0 radical (unpaired) electrons. The molecule has 0 atom stereocenters. The van der Waals surface area contributed by atoms with E-state index in [1.807, 2.05) is 6.26 Å². The molecule has 1 aromatic carbocycles. The Bertz CT molecular complexity index is 432.